The molecule has 1 unspecified atom stereocenters. The number of nitrogens with zero attached hydrogens (tertiary/aromatic N) is 5. The smallest absolute Gasteiger partial charge is 0.173 e. The molecule has 6 heteroatoms. The van der Waals surface area contributed by atoms with Crippen molar-refractivity contribution in [3.8, 4) is 5.69 Å². The summed E-state index contributed by atoms with van der Waals surface area (Å²) < 4.78 is 1.81. The third-order valence-corrected chi connectivity index (χ3v) is 4.32. The molecule has 0 amide bonds. The SMILES string of the molecule is CC(c1nnnn1-c1ccccc1)N1CCC(CO)CC1. The van der Waals surface area contributed by atoms with Crippen molar-refractivity contribution >= 4 is 0 Å². The predicted octanol–water partition coefficient (Wildman–Crippen LogP) is 1.43. The summed E-state index contributed by atoms with van der Waals surface area (Å²) in [5, 5.41) is 21.4. The van der Waals surface area contributed by atoms with Crippen LogP contribution in [0.15, 0.2) is 30.3 Å². The fourth-order valence-corrected chi connectivity index (χ4v) is 2.89. The van der Waals surface area contributed by atoms with Crippen LogP contribution in [0.2, 0.25) is 0 Å². The second kappa shape index (κ2) is 6.32. The number of tetrazole rings is 1. The lowest BCUT2D eigenvalue weighted by Gasteiger charge is -2.34. The Balaban J connectivity index is 1.77. The second-order valence-electron chi connectivity index (χ2n) is 5.62. The van der Waals surface area contributed by atoms with Gasteiger partial charge in [-0.3, -0.25) is 4.90 Å². The number of piperidine rings is 1. The molecule has 1 aromatic carbocycles. The third-order valence-electron chi connectivity index (χ3n) is 4.32. The zero-order valence-corrected chi connectivity index (χ0v) is 12.3. The summed E-state index contributed by atoms with van der Waals surface area (Å²) in [4.78, 5) is 2.39. The number of hydrogen-bond acceptors (Lipinski definition) is 5. The molecule has 112 valence electrons. The Labute approximate surface area is 124 Å². The minimum Gasteiger partial charge on any atom is -0.396 e. The highest BCUT2D eigenvalue weighted by molar-refractivity contribution is 5.30. The molecule has 2 heterocycles. The maximum absolute atomic E-state index is 9.24. The minimum absolute atomic E-state index is 0.167. The Morgan fingerprint density at radius 2 is 1.95 bits per heavy atom. The Kier molecular flexibility index (Phi) is 4.26. The van der Waals surface area contributed by atoms with Crippen LogP contribution in [0.1, 0.15) is 31.6 Å². The Morgan fingerprint density at radius 3 is 2.62 bits per heavy atom. The number of aliphatic hydroxyl groups is 1. The van der Waals surface area contributed by atoms with Crippen molar-refractivity contribution < 1.29 is 5.11 Å². The third kappa shape index (κ3) is 2.96. The number of benzene rings is 1. The maximum atomic E-state index is 9.24. The van der Waals surface area contributed by atoms with Gasteiger partial charge in [0.05, 0.1) is 11.7 Å². The van der Waals surface area contributed by atoms with Crippen LogP contribution in [0.5, 0.6) is 0 Å². The molecule has 1 aliphatic heterocycles. The Morgan fingerprint density at radius 1 is 1.24 bits per heavy atom. The van der Waals surface area contributed by atoms with Crippen LogP contribution in [-0.2, 0) is 0 Å². The lowest BCUT2D eigenvalue weighted by atomic mass is 9.97. The van der Waals surface area contributed by atoms with Crippen LogP contribution in [0.25, 0.3) is 5.69 Å². The van der Waals surface area contributed by atoms with E-state index in [1.54, 1.807) is 0 Å². The molecule has 0 saturated carbocycles. The molecular weight excluding hydrogens is 266 g/mol. The number of hydrogen-bond donors (Lipinski definition) is 1. The van der Waals surface area contributed by atoms with E-state index < -0.39 is 0 Å². The molecule has 6 nitrogen and oxygen atoms in total. The number of likely N-dealkylation sites (tertiary alicyclic amines) is 1. The summed E-state index contributed by atoms with van der Waals surface area (Å²) >= 11 is 0. The summed E-state index contributed by atoms with van der Waals surface area (Å²) in [5.74, 6) is 1.31. The van der Waals surface area contributed by atoms with E-state index in [1.165, 1.54) is 0 Å². The van der Waals surface area contributed by atoms with Crippen molar-refractivity contribution in [1.29, 1.82) is 0 Å². The molecule has 1 N–H and O–H groups in total. The lowest BCUT2D eigenvalue weighted by molar-refractivity contribution is 0.102. The van der Waals surface area contributed by atoms with Gasteiger partial charge in [-0.05, 0) is 61.3 Å². The van der Waals surface area contributed by atoms with Gasteiger partial charge in [0.25, 0.3) is 0 Å². The van der Waals surface area contributed by atoms with Gasteiger partial charge in [0.2, 0.25) is 0 Å². The molecule has 1 aliphatic rings. The van der Waals surface area contributed by atoms with Gasteiger partial charge >= 0.3 is 0 Å². The average molecular weight is 287 g/mol. The fraction of sp³-hybridized carbons (Fsp3) is 0.533. The van der Waals surface area contributed by atoms with Gasteiger partial charge in [-0.25, -0.2) is 0 Å². The van der Waals surface area contributed by atoms with Gasteiger partial charge < -0.3 is 5.11 Å². The van der Waals surface area contributed by atoms with E-state index in [4.69, 9.17) is 0 Å². The quantitative estimate of drug-likeness (QED) is 0.921. The molecule has 3 rings (SSSR count). The molecule has 0 spiro atoms. The van der Waals surface area contributed by atoms with E-state index in [0.29, 0.717) is 12.5 Å². The first-order chi connectivity index (χ1) is 10.3. The highest BCUT2D eigenvalue weighted by Gasteiger charge is 2.26. The first-order valence-electron chi connectivity index (χ1n) is 7.48. The highest BCUT2D eigenvalue weighted by atomic mass is 16.3. The second-order valence-corrected chi connectivity index (χ2v) is 5.62. The number of para-hydroxylation sites is 1. The van der Waals surface area contributed by atoms with Crippen LogP contribution in [-0.4, -0.2) is 49.9 Å². The first-order valence-corrected chi connectivity index (χ1v) is 7.48. The molecule has 1 atom stereocenters. The summed E-state index contributed by atoms with van der Waals surface area (Å²) in [6.07, 6.45) is 2.07. The topological polar surface area (TPSA) is 67.1 Å². The summed E-state index contributed by atoms with van der Waals surface area (Å²) in [7, 11) is 0. The molecule has 1 saturated heterocycles. The van der Waals surface area contributed by atoms with E-state index in [1.807, 2.05) is 35.0 Å². The van der Waals surface area contributed by atoms with Crippen LogP contribution >= 0.6 is 0 Å². The van der Waals surface area contributed by atoms with Gasteiger partial charge in [-0.1, -0.05) is 18.2 Å². The van der Waals surface area contributed by atoms with Crippen LogP contribution < -0.4 is 0 Å². The molecule has 1 aromatic heterocycles. The van der Waals surface area contributed by atoms with Crippen molar-refractivity contribution in [2.75, 3.05) is 19.7 Å². The molecule has 0 radical (unpaired) electrons. The van der Waals surface area contributed by atoms with Crippen LogP contribution in [0, 0.1) is 5.92 Å². The van der Waals surface area contributed by atoms with E-state index in [2.05, 4.69) is 27.3 Å². The van der Waals surface area contributed by atoms with Crippen molar-refractivity contribution in [2.24, 2.45) is 5.92 Å². The molecule has 1 fully saturated rings. The van der Waals surface area contributed by atoms with Gasteiger partial charge in [-0.2, -0.15) is 4.68 Å². The van der Waals surface area contributed by atoms with Crippen molar-refractivity contribution in [3.05, 3.63) is 36.2 Å². The Hall–Kier alpha value is -1.79. The average Bonchev–Trinajstić information content (AvgIpc) is 3.04. The van der Waals surface area contributed by atoms with Gasteiger partial charge in [-0.15, -0.1) is 5.10 Å². The van der Waals surface area contributed by atoms with E-state index in [9.17, 15) is 5.11 Å². The molecule has 0 aliphatic carbocycles. The molecule has 0 bridgehead atoms. The summed E-state index contributed by atoms with van der Waals surface area (Å²) in [6.45, 7) is 4.40. The molecule has 2 aromatic rings. The van der Waals surface area contributed by atoms with E-state index in [0.717, 1.165) is 37.4 Å². The first kappa shape index (κ1) is 14.2. The number of rotatable bonds is 4. The van der Waals surface area contributed by atoms with Crippen molar-refractivity contribution in [2.45, 2.75) is 25.8 Å². The lowest BCUT2D eigenvalue weighted by Crippen LogP contribution is -2.37. The monoisotopic (exact) mass is 287 g/mol. The van der Waals surface area contributed by atoms with E-state index in [-0.39, 0.29) is 6.04 Å². The fourth-order valence-electron chi connectivity index (χ4n) is 2.89. The largest absolute Gasteiger partial charge is 0.396 e. The van der Waals surface area contributed by atoms with Crippen LogP contribution in [0.3, 0.4) is 0 Å². The van der Waals surface area contributed by atoms with E-state index >= 15 is 0 Å². The highest BCUT2D eigenvalue weighted by Crippen LogP contribution is 2.26. The Bertz CT molecular complexity index is 562. The molecule has 21 heavy (non-hydrogen) atoms. The molecular formula is C15H21N5O. The van der Waals surface area contributed by atoms with Crippen molar-refractivity contribution in [3.63, 3.8) is 0 Å². The zero-order valence-electron chi connectivity index (χ0n) is 12.3. The maximum Gasteiger partial charge on any atom is 0.173 e. The summed E-state index contributed by atoms with van der Waals surface area (Å²) in [6, 6.07) is 10.1. The predicted molar refractivity (Wildman–Crippen MR) is 79.0 cm³/mol. The zero-order chi connectivity index (χ0) is 14.7. The normalized spacial score (nSPS) is 18.8. The number of aliphatic hydroxyl groups excluding tert-OH is 1. The van der Waals surface area contributed by atoms with Crippen LogP contribution in [0.4, 0.5) is 0 Å². The van der Waals surface area contributed by atoms with Gasteiger partial charge in [0.15, 0.2) is 5.82 Å². The number of aromatic nitrogens is 4. The van der Waals surface area contributed by atoms with Crippen molar-refractivity contribution in [1.82, 2.24) is 25.1 Å². The van der Waals surface area contributed by atoms with Gasteiger partial charge in [0, 0.05) is 6.61 Å². The standard InChI is InChI=1S/C15H21N5O/c1-12(19-9-7-13(11-21)8-10-19)15-16-17-18-20(15)14-5-3-2-4-6-14/h2-6,12-13,21H,7-11H2,1H3. The summed E-state index contributed by atoms with van der Waals surface area (Å²) in [5.41, 5.74) is 0.981. The van der Waals surface area contributed by atoms with Gasteiger partial charge in [0.1, 0.15) is 0 Å². The minimum atomic E-state index is 0.167.